The number of hydrogen-bond acceptors (Lipinski definition) is 3. The predicted molar refractivity (Wildman–Crippen MR) is 194 cm³/mol. The average Bonchev–Trinajstić information content (AvgIpc) is 3.07. The van der Waals surface area contributed by atoms with Crippen LogP contribution in [0.25, 0.3) is 0 Å². The van der Waals surface area contributed by atoms with Gasteiger partial charge in [0.15, 0.2) is 0 Å². The van der Waals surface area contributed by atoms with Gasteiger partial charge in [-0.3, -0.25) is 4.79 Å². The number of ether oxygens (including phenoxy) is 2. The van der Waals surface area contributed by atoms with E-state index in [1.165, 1.54) is 15.9 Å². The zero-order valence-electron chi connectivity index (χ0n) is 25.3. The highest BCUT2D eigenvalue weighted by molar-refractivity contribution is 9.10. The van der Waals surface area contributed by atoms with Crippen LogP contribution < -0.4 is 25.4 Å². The van der Waals surface area contributed by atoms with Crippen molar-refractivity contribution in [1.29, 1.82) is 0 Å². The minimum absolute atomic E-state index is 0. The summed E-state index contributed by atoms with van der Waals surface area (Å²) in [4.78, 5) is 14.3. The number of hydrogen-bond donors (Lipinski definition) is 0. The zero-order chi connectivity index (χ0) is 30.3. The highest BCUT2D eigenvalue weighted by Crippen LogP contribution is 2.59. The van der Waals surface area contributed by atoms with Crippen molar-refractivity contribution < 1.29 is 14.3 Å². The molecule has 0 atom stereocenters. The minimum atomic E-state index is -2.19. The van der Waals surface area contributed by atoms with Gasteiger partial charge in [-0.25, -0.2) is 0 Å². The maximum atomic E-state index is 14.3. The Labute approximate surface area is 280 Å². The van der Waals surface area contributed by atoms with Crippen LogP contribution in [0.4, 0.5) is 0 Å². The van der Waals surface area contributed by atoms with E-state index in [-0.39, 0.29) is 23.0 Å². The second kappa shape index (κ2) is 15.2. The lowest BCUT2D eigenvalue weighted by molar-refractivity contribution is -0.141. The predicted octanol–water partition coefficient (Wildman–Crippen LogP) is 9.19. The van der Waals surface area contributed by atoms with E-state index in [1.54, 1.807) is 7.11 Å². The van der Waals surface area contributed by atoms with Gasteiger partial charge in [-0.2, -0.15) is 0 Å². The lowest BCUT2D eigenvalue weighted by Crippen LogP contribution is -2.39. The maximum absolute atomic E-state index is 14.3. The first-order valence-electron chi connectivity index (χ1n) is 14.7. The summed E-state index contributed by atoms with van der Waals surface area (Å²) < 4.78 is 12.8. The van der Waals surface area contributed by atoms with Gasteiger partial charge >= 0.3 is 5.97 Å². The molecule has 0 N–H and O–H groups in total. The van der Waals surface area contributed by atoms with Crippen molar-refractivity contribution in [2.24, 2.45) is 0 Å². The Morgan fingerprint density at radius 2 is 1.18 bits per heavy atom. The maximum Gasteiger partial charge on any atom is 0.321 e. The van der Waals surface area contributed by atoms with Crippen LogP contribution in [0, 0.1) is 0 Å². The van der Waals surface area contributed by atoms with Crippen molar-refractivity contribution in [1.82, 2.24) is 0 Å². The fourth-order valence-corrected chi connectivity index (χ4v) is 10.9. The Balaban J connectivity index is 0.00000442. The van der Waals surface area contributed by atoms with E-state index >= 15 is 0 Å². The molecule has 0 aliphatic carbocycles. The molecule has 0 amide bonds. The Kier molecular flexibility index (Phi) is 11.6. The van der Waals surface area contributed by atoms with Crippen LogP contribution in [0.1, 0.15) is 37.8 Å². The van der Waals surface area contributed by atoms with Crippen LogP contribution in [-0.2, 0) is 16.4 Å². The quantitative estimate of drug-likeness (QED) is 0.0772. The molecular weight excluding hydrogens is 695 g/mol. The summed E-state index contributed by atoms with van der Waals surface area (Å²) in [5, 5.41) is 3.85. The van der Waals surface area contributed by atoms with Crippen LogP contribution in [0.5, 0.6) is 11.5 Å². The number of esters is 1. The van der Waals surface area contributed by atoms with E-state index in [4.69, 9.17) is 9.47 Å². The lowest BCUT2D eigenvalue weighted by atomic mass is 9.75. The van der Waals surface area contributed by atoms with Crippen LogP contribution >= 0.6 is 40.2 Å². The number of para-hydroxylation sites is 1. The van der Waals surface area contributed by atoms with Crippen molar-refractivity contribution >= 4 is 62.1 Å². The summed E-state index contributed by atoms with van der Waals surface area (Å²) in [6.45, 7) is 4.08. The first-order valence-corrected chi connectivity index (χ1v) is 17.4. The first-order chi connectivity index (χ1) is 21.0. The molecule has 5 rings (SSSR count). The molecular formula is C38H38Br2O3P+. The largest absolute Gasteiger partial charge is 0.497 e. The van der Waals surface area contributed by atoms with Gasteiger partial charge in [0.1, 0.15) is 40.8 Å². The van der Waals surface area contributed by atoms with Crippen molar-refractivity contribution in [2.75, 3.05) is 7.11 Å². The van der Waals surface area contributed by atoms with Crippen LogP contribution in [-0.4, -0.2) is 13.1 Å². The lowest BCUT2D eigenvalue weighted by Gasteiger charge is -2.32. The number of rotatable bonds is 11. The second-order valence-electron chi connectivity index (χ2n) is 10.6. The number of carbonyl (C=O) groups is 1. The molecule has 3 nitrogen and oxygen atoms in total. The van der Waals surface area contributed by atoms with E-state index < -0.39 is 12.7 Å². The number of halogens is 2. The summed E-state index contributed by atoms with van der Waals surface area (Å²) in [7, 11) is -0.550. The summed E-state index contributed by atoms with van der Waals surface area (Å²) in [6.07, 6.45) is 1.89. The van der Waals surface area contributed by atoms with Crippen LogP contribution in [0.15, 0.2) is 138 Å². The molecule has 0 aliphatic heterocycles. The summed E-state index contributed by atoms with van der Waals surface area (Å²) >= 11 is 3.70. The van der Waals surface area contributed by atoms with Gasteiger partial charge in [-0.15, -0.1) is 17.0 Å². The van der Waals surface area contributed by atoms with Crippen molar-refractivity contribution in [3.8, 4) is 11.5 Å². The fraction of sp³-hybridized carbons (Fsp3) is 0.184. The molecule has 0 aromatic heterocycles. The minimum Gasteiger partial charge on any atom is -0.497 e. The van der Waals surface area contributed by atoms with Gasteiger partial charge in [0.05, 0.1) is 12.5 Å². The Morgan fingerprint density at radius 3 is 1.66 bits per heavy atom. The van der Waals surface area contributed by atoms with Crippen molar-refractivity contribution in [3.63, 3.8) is 0 Å². The third-order valence-electron chi connectivity index (χ3n) is 8.46. The normalized spacial score (nSPS) is 11.4. The molecule has 0 aliphatic rings. The van der Waals surface area contributed by atoms with Crippen molar-refractivity contribution in [2.45, 2.75) is 38.3 Å². The molecule has 0 saturated heterocycles. The number of carbonyl (C=O) groups excluding carboxylic acids is 1. The van der Waals surface area contributed by atoms with Gasteiger partial charge in [0.2, 0.25) is 0 Å². The molecule has 5 aromatic carbocycles. The molecule has 5 aromatic rings. The van der Waals surface area contributed by atoms with Gasteiger partial charge in [-0.05, 0) is 79.1 Å². The van der Waals surface area contributed by atoms with E-state index in [1.807, 2.05) is 50.2 Å². The molecule has 0 fully saturated rings. The third kappa shape index (κ3) is 6.56. The fourth-order valence-electron chi connectivity index (χ4n) is 5.98. The monoisotopic (exact) mass is 731 g/mol. The summed E-state index contributed by atoms with van der Waals surface area (Å²) in [5.41, 5.74) is 1.04. The number of methoxy groups -OCH3 is 1. The number of benzene rings is 5. The summed E-state index contributed by atoms with van der Waals surface area (Å²) in [5.74, 6) is 1.05. The van der Waals surface area contributed by atoms with E-state index in [9.17, 15) is 4.79 Å². The second-order valence-corrected chi connectivity index (χ2v) is 14.9. The molecule has 226 valence electrons. The van der Waals surface area contributed by atoms with Crippen LogP contribution in [0.2, 0.25) is 0 Å². The SMILES string of the molecule is Br.CCC(CC)(C(=O)Oc1ccccc1C[P+](c1ccccc1)(c1ccccc1)c1ccccc1)c1cc(OC)ccc1Br. The average molecular weight is 734 g/mol. The van der Waals surface area contributed by atoms with Crippen LogP contribution in [0.3, 0.4) is 0 Å². The molecule has 0 saturated carbocycles. The summed E-state index contributed by atoms with van der Waals surface area (Å²) in [6, 6.07) is 46.1. The highest BCUT2D eigenvalue weighted by atomic mass is 79.9. The van der Waals surface area contributed by atoms with Gasteiger partial charge in [0.25, 0.3) is 0 Å². The van der Waals surface area contributed by atoms with E-state index in [2.05, 4.69) is 113 Å². The zero-order valence-corrected chi connectivity index (χ0v) is 29.5. The van der Waals surface area contributed by atoms with Gasteiger partial charge in [0, 0.05) is 10.0 Å². The molecule has 0 unspecified atom stereocenters. The Bertz CT molecular complexity index is 1560. The van der Waals surface area contributed by atoms with Gasteiger partial charge < -0.3 is 9.47 Å². The molecule has 6 heteroatoms. The highest BCUT2D eigenvalue weighted by Gasteiger charge is 2.46. The molecule has 44 heavy (non-hydrogen) atoms. The van der Waals surface area contributed by atoms with Gasteiger partial charge in [-0.1, -0.05) is 103 Å². The molecule has 0 spiro atoms. The third-order valence-corrected chi connectivity index (χ3v) is 13.5. The Hall–Kier alpha value is -3.24. The van der Waals surface area contributed by atoms with E-state index in [0.29, 0.717) is 30.5 Å². The smallest absolute Gasteiger partial charge is 0.321 e. The molecule has 0 radical (unpaired) electrons. The Morgan fingerprint density at radius 1 is 0.705 bits per heavy atom. The van der Waals surface area contributed by atoms with Crippen molar-refractivity contribution in [3.05, 3.63) is 149 Å². The molecule has 0 bridgehead atoms. The topological polar surface area (TPSA) is 35.5 Å². The molecule has 0 heterocycles. The standard InChI is InChI=1S/C38H37BrO3P.BrH/c1-4-38(5-2,34-27-30(41-3)25-26-35(34)39)37(40)42-36-24-16-15-17-29(36)28-43(31-18-9-6-10-19-31,32-20-11-7-12-21-32)33-22-13-8-14-23-33;/h6-27H,4-5,28H2,1-3H3;1H/q+1;. The first kappa shape index (κ1) is 33.6. The van der Waals surface area contributed by atoms with E-state index in [0.717, 1.165) is 15.6 Å².